The molecule has 1 N–H and O–H groups in total. The molecule has 20 heavy (non-hydrogen) atoms. The van der Waals surface area contributed by atoms with Gasteiger partial charge in [-0.15, -0.1) is 11.8 Å². The lowest BCUT2D eigenvalue weighted by Gasteiger charge is -2.11. The van der Waals surface area contributed by atoms with E-state index >= 15 is 0 Å². The van der Waals surface area contributed by atoms with Crippen molar-refractivity contribution >= 4 is 28.6 Å². The Bertz CT molecular complexity index is 638. The molecule has 3 rings (SSSR count). The maximum Gasteiger partial charge on any atom is 0.354 e. The van der Waals surface area contributed by atoms with Crippen molar-refractivity contribution in [1.29, 1.82) is 0 Å². The van der Waals surface area contributed by atoms with Crippen molar-refractivity contribution in [1.82, 2.24) is 4.98 Å². The first-order valence-corrected chi connectivity index (χ1v) is 7.60. The van der Waals surface area contributed by atoms with Gasteiger partial charge in [-0.1, -0.05) is 18.2 Å². The Balaban J connectivity index is 1.92. The minimum Gasteiger partial charge on any atom is -0.477 e. The number of para-hydroxylation sites is 1. The highest BCUT2D eigenvalue weighted by Gasteiger charge is 2.17. The Morgan fingerprint density at radius 3 is 3.05 bits per heavy atom. The van der Waals surface area contributed by atoms with Crippen molar-refractivity contribution in [3.05, 3.63) is 36.0 Å². The van der Waals surface area contributed by atoms with Crippen molar-refractivity contribution in [2.75, 3.05) is 12.4 Å². The standard InChI is InChI=1S/C15H15NO3S/c17-15(18)13-8-14(20-9-10-4-3-7-19-10)11-5-1-2-6-12(11)16-13/h1-2,5-6,8,10H,3-4,7,9H2,(H,17,18). The van der Waals surface area contributed by atoms with Gasteiger partial charge in [-0.2, -0.15) is 0 Å². The molecule has 1 fully saturated rings. The minimum absolute atomic E-state index is 0.0959. The minimum atomic E-state index is -0.991. The zero-order valence-electron chi connectivity index (χ0n) is 10.9. The second-order valence-corrected chi connectivity index (χ2v) is 5.84. The van der Waals surface area contributed by atoms with E-state index in [-0.39, 0.29) is 11.8 Å². The number of benzene rings is 1. The van der Waals surface area contributed by atoms with Crippen LogP contribution in [0.4, 0.5) is 0 Å². The van der Waals surface area contributed by atoms with Gasteiger partial charge in [0.05, 0.1) is 11.6 Å². The van der Waals surface area contributed by atoms with E-state index in [1.54, 1.807) is 17.8 Å². The van der Waals surface area contributed by atoms with Crippen LogP contribution < -0.4 is 0 Å². The molecule has 1 aliphatic rings. The van der Waals surface area contributed by atoms with Gasteiger partial charge < -0.3 is 9.84 Å². The normalized spacial score (nSPS) is 18.5. The molecule has 1 aromatic carbocycles. The zero-order valence-corrected chi connectivity index (χ0v) is 11.7. The summed E-state index contributed by atoms with van der Waals surface area (Å²) in [5, 5.41) is 10.2. The molecule has 0 bridgehead atoms. The number of ether oxygens (including phenoxy) is 1. The molecule has 0 aliphatic carbocycles. The van der Waals surface area contributed by atoms with Crippen LogP contribution in [0.2, 0.25) is 0 Å². The van der Waals surface area contributed by atoms with Crippen molar-refractivity contribution in [3.63, 3.8) is 0 Å². The molecule has 1 atom stereocenters. The van der Waals surface area contributed by atoms with E-state index in [1.165, 1.54) is 0 Å². The summed E-state index contributed by atoms with van der Waals surface area (Å²) in [6.07, 6.45) is 2.48. The fourth-order valence-corrected chi connectivity index (χ4v) is 3.48. The zero-order chi connectivity index (χ0) is 13.9. The van der Waals surface area contributed by atoms with Crippen molar-refractivity contribution in [2.45, 2.75) is 23.8 Å². The third kappa shape index (κ3) is 2.78. The number of fused-ring (bicyclic) bond motifs is 1. The van der Waals surface area contributed by atoms with E-state index in [2.05, 4.69) is 4.98 Å². The van der Waals surface area contributed by atoms with Gasteiger partial charge in [-0.05, 0) is 25.0 Å². The summed E-state index contributed by atoms with van der Waals surface area (Å²) in [6.45, 7) is 0.836. The van der Waals surface area contributed by atoms with Crippen LogP contribution in [0.15, 0.2) is 35.2 Å². The van der Waals surface area contributed by atoms with E-state index in [0.29, 0.717) is 0 Å². The van der Waals surface area contributed by atoms with Gasteiger partial charge in [0.2, 0.25) is 0 Å². The van der Waals surface area contributed by atoms with Crippen LogP contribution in [-0.2, 0) is 4.74 Å². The number of nitrogens with zero attached hydrogens (tertiary/aromatic N) is 1. The van der Waals surface area contributed by atoms with E-state index in [9.17, 15) is 4.79 Å². The smallest absolute Gasteiger partial charge is 0.354 e. The number of carbonyl (C=O) groups is 1. The quantitative estimate of drug-likeness (QED) is 0.876. The van der Waals surface area contributed by atoms with E-state index in [4.69, 9.17) is 9.84 Å². The third-order valence-electron chi connectivity index (χ3n) is 3.35. The SMILES string of the molecule is O=C(O)c1cc(SCC2CCCO2)c2ccccc2n1. The fraction of sp³-hybridized carbons (Fsp3) is 0.333. The Kier molecular flexibility index (Phi) is 3.89. The first kappa shape index (κ1) is 13.4. The molecule has 104 valence electrons. The third-order valence-corrected chi connectivity index (χ3v) is 4.53. The van der Waals surface area contributed by atoms with Crippen LogP contribution in [0.3, 0.4) is 0 Å². The number of thioether (sulfide) groups is 1. The first-order valence-electron chi connectivity index (χ1n) is 6.61. The molecule has 0 saturated carbocycles. The molecular formula is C15H15NO3S. The van der Waals surface area contributed by atoms with Crippen LogP contribution in [-0.4, -0.2) is 34.5 Å². The molecule has 1 unspecified atom stereocenters. The number of pyridine rings is 1. The van der Waals surface area contributed by atoms with E-state index < -0.39 is 5.97 Å². The molecule has 2 aromatic rings. The number of aromatic nitrogens is 1. The lowest BCUT2D eigenvalue weighted by Crippen LogP contribution is -2.08. The lowest BCUT2D eigenvalue weighted by molar-refractivity contribution is 0.0690. The van der Waals surface area contributed by atoms with Crippen LogP contribution in [0.1, 0.15) is 23.3 Å². The summed E-state index contributed by atoms with van der Waals surface area (Å²) in [4.78, 5) is 16.3. The Morgan fingerprint density at radius 1 is 1.45 bits per heavy atom. The molecule has 1 saturated heterocycles. The maximum atomic E-state index is 11.2. The molecule has 0 radical (unpaired) electrons. The summed E-state index contributed by atoms with van der Waals surface area (Å²) in [5.74, 6) is -0.137. The first-order chi connectivity index (χ1) is 9.74. The van der Waals surface area contributed by atoms with E-state index in [1.807, 2.05) is 24.3 Å². The van der Waals surface area contributed by atoms with Gasteiger partial charge in [0.15, 0.2) is 0 Å². The molecule has 5 heteroatoms. The maximum absolute atomic E-state index is 11.2. The predicted octanol–water partition coefficient (Wildman–Crippen LogP) is 3.20. The summed E-state index contributed by atoms with van der Waals surface area (Å²) in [5.41, 5.74) is 0.820. The summed E-state index contributed by atoms with van der Waals surface area (Å²) >= 11 is 1.65. The van der Waals surface area contributed by atoms with Gasteiger partial charge >= 0.3 is 5.97 Å². The molecule has 1 aliphatic heterocycles. The second kappa shape index (κ2) is 5.81. The largest absolute Gasteiger partial charge is 0.477 e. The Labute approximate surface area is 121 Å². The van der Waals surface area contributed by atoms with E-state index in [0.717, 1.165) is 41.0 Å². The summed E-state index contributed by atoms with van der Waals surface area (Å²) in [6, 6.07) is 9.30. The van der Waals surface area contributed by atoms with Gasteiger partial charge in [0.25, 0.3) is 0 Å². The van der Waals surface area contributed by atoms with Crippen LogP contribution >= 0.6 is 11.8 Å². The number of rotatable bonds is 4. The Morgan fingerprint density at radius 2 is 2.30 bits per heavy atom. The highest BCUT2D eigenvalue weighted by atomic mass is 32.2. The number of carboxylic acid groups (broad SMARTS) is 1. The molecule has 0 amide bonds. The van der Waals surface area contributed by atoms with Gasteiger partial charge in [0.1, 0.15) is 5.69 Å². The monoisotopic (exact) mass is 289 g/mol. The molecule has 4 nitrogen and oxygen atoms in total. The molecule has 2 heterocycles. The average Bonchev–Trinajstić information content (AvgIpc) is 2.97. The highest BCUT2D eigenvalue weighted by molar-refractivity contribution is 7.99. The molecular weight excluding hydrogens is 274 g/mol. The molecule has 0 spiro atoms. The second-order valence-electron chi connectivity index (χ2n) is 4.77. The number of hydrogen-bond acceptors (Lipinski definition) is 4. The van der Waals surface area contributed by atoms with Crippen molar-refractivity contribution in [2.24, 2.45) is 0 Å². The van der Waals surface area contributed by atoms with Crippen molar-refractivity contribution < 1.29 is 14.6 Å². The molecule has 1 aromatic heterocycles. The predicted molar refractivity (Wildman–Crippen MR) is 78.4 cm³/mol. The number of carboxylic acids is 1. The summed E-state index contributed by atoms with van der Waals surface area (Å²) in [7, 11) is 0. The number of hydrogen-bond donors (Lipinski definition) is 1. The van der Waals surface area contributed by atoms with Crippen LogP contribution in [0, 0.1) is 0 Å². The number of aromatic carboxylic acids is 1. The topological polar surface area (TPSA) is 59.4 Å². The van der Waals surface area contributed by atoms with Gasteiger partial charge in [-0.3, -0.25) is 0 Å². The van der Waals surface area contributed by atoms with Gasteiger partial charge in [0, 0.05) is 22.6 Å². The average molecular weight is 289 g/mol. The fourth-order valence-electron chi connectivity index (χ4n) is 2.33. The summed E-state index contributed by atoms with van der Waals surface area (Å²) < 4.78 is 5.61. The highest BCUT2D eigenvalue weighted by Crippen LogP contribution is 2.30. The van der Waals surface area contributed by atoms with Gasteiger partial charge in [-0.25, -0.2) is 9.78 Å². The lowest BCUT2D eigenvalue weighted by atomic mass is 10.2. The van der Waals surface area contributed by atoms with Crippen LogP contribution in [0.5, 0.6) is 0 Å². The Hall–Kier alpha value is -1.59. The van der Waals surface area contributed by atoms with Crippen molar-refractivity contribution in [3.8, 4) is 0 Å². The van der Waals surface area contributed by atoms with Crippen LogP contribution in [0.25, 0.3) is 10.9 Å².